The third kappa shape index (κ3) is 3.71. The molecule has 19 heavy (non-hydrogen) atoms. The van der Waals surface area contributed by atoms with E-state index in [1.165, 1.54) is 6.42 Å². The lowest BCUT2D eigenvalue weighted by atomic mass is 9.95. The minimum absolute atomic E-state index is 0.204. The van der Waals surface area contributed by atoms with Crippen LogP contribution in [0.3, 0.4) is 0 Å². The van der Waals surface area contributed by atoms with Gasteiger partial charge in [0.15, 0.2) is 0 Å². The van der Waals surface area contributed by atoms with Gasteiger partial charge in [0.2, 0.25) is 0 Å². The third-order valence-corrected chi connectivity index (χ3v) is 3.73. The first-order valence-corrected chi connectivity index (χ1v) is 7.01. The summed E-state index contributed by atoms with van der Waals surface area (Å²) >= 11 is 5.91. The molecule has 0 aromatic heterocycles. The molecule has 3 nitrogen and oxygen atoms in total. The molecule has 1 aliphatic rings. The van der Waals surface area contributed by atoms with Gasteiger partial charge in [-0.2, -0.15) is 0 Å². The number of benzene rings is 1. The van der Waals surface area contributed by atoms with Gasteiger partial charge in [0.05, 0.1) is 0 Å². The lowest BCUT2D eigenvalue weighted by Crippen LogP contribution is -2.38. The number of nitrogens with zero attached hydrogens (tertiary/aromatic N) is 1. The second kappa shape index (κ2) is 6.58. The van der Waals surface area contributed by atoms with Crippen molar-refractivity contribution in [1.29, 1.82) is 0 Å². The van der Waals surface area contributed by atoms with Crippen LogP contribution in [0.15, 0.2) is 24.3 Å². The Balaban J connectivity index is 2.05. The van der Waals surface area contributed by atoms with E-state index in [1.54, 1.807) is 24.3 Å². The quantitative estimate of drug-likeness (QED) is 0.838. The van der Waals surface area contributed by atoms with Crippen molar-refractivity contribution in [1.82, 2.24) is 5.32 Å². The number of rotatable bonds is 3. The van der Waals surface area contributed by atoms with Gasteiger partial charge in [-0.1, -0.05) is 43.0 Å². The summed E-state index contributed by atoms with van der Waals surface area (Å²) in [6.45, 7) is 7.24. The minimum Gasteiger partial charge on any atom is -0.346 e. The molecule has 0 saturated heterocycles. The van der Waals surface area contributed by atoms with Crippen LogP contribution in [0.1, 0.15) is 43.7 Å². The highest BCUT2D eigenvalue weighted by Gasteiger charge is 2.28. The molecule has 0 aliphatic heterocycles. The van der Waals surface area contributed by atoms with E-state index < -0.39 is 6.04 Å². The molecule has 2 rings (SSSR count). The molecule has 1 fully saturated rings. The van der Waals surface area contributed by atoms with Crippen molar-refractivity contribution in [2.45, 2.75) is 44.2 Å². The maximum absolute atomic E-state index is 12.2. The normalized spacial score (nSPS) is 17.5. The zero-order valence-electron chi connectivity index (χ0n) is 10.7. The number of carbonyl (C=O) groups excluding carboxylic acids is 1. The topological polar surface area (TPSA) is 33.5 Å². The van der Waals surface area contributed by atoms with E-state index >= 15 is 0 Å². The first-order chi connectivity index (χ1) is 9.20. The van der Waals surface area contributed by atoms with Crippen LogP contribution in [-0.4, -0.2) is 11.9 Å². The summed E-state index contributed by atoms with van der Waals surface area (Å²) in [6.07, 6.45) is 5.60. The van der Waals surface area contributed by atoms with Crippen LogP contribution in [0.2, 0.25) is 5.02 Å². The molecule has 0 radical (unpaired) electrons. The molecular formula is C15H17ClN2O. The van der Waals surface area contributed by atoms with Crippen LogP contribution in [0.25, 0.3) is 4.85 Å². The van der Waals surface area contributed by atoms with E-state index in [1.807, 2.05) is 0 Å². The Morgan fingerprint density at radius 1 is 1.37 bits per heavy atom. The highest BCUT2D eigenvalue weighted by Crippen LogP contribution is 2.23. The molecule has 0 spiro atoms. The Bertz CT molecular complexity index is 489. The van der Waals surface area contributed by atoms with Crippen LogP contribution in [0, 0.1) is 6.57 Å². The number of amides is 1. The molecule has 1 saturated carbocycles. The third-order valence-electron chi connectivity index (χ3n) is 3.49. The van der Waals surface area contributed by atoms with Gasteiger partial charge >= 0.3 is 11.9 Å². The zero-order valence-corrected chi connectivity index (χ0v) is 11.5. The number of hydrogen-bond acceptors (Lipinski definition) is 1. The Kier molecular flexibility index (Phi) is 4.81. The van der Waals surface area contributed by atoms with Crippen molar-refractivity contribution in [3.8, 4) is 0 Å². The summed E-state index contributed by atoms with van der Waals surface area (Å²) in [6, 6.07) is 6.40. The molecule has 4 heteroatoms. The summed E-state index contributed by atoms with van der Waals surface area (Å²) < 4.78 is 0. The number of halogens is 1. The van der Waals surface area contributed by atoms with Crippen molar-refractivity contribution in [2.24, 2.45) is 0 Å². The van der Waals surface area contributed by atoms with Crippen LogP contribution >= 0.6 is 11.6 Å². The van der Waals surface area contributed by atoms with Crippen LogP contribution in [-0.2, 0) is 4.79 Å². The van der Waals surface area contributed by atoms with Crippen LogP contribution < -0.4 is 5.32 Å². The molecule has 1 atom stereocenters. The van der Waals surface area contributed by atoms with Crippen molar-refractivity contribution in [3.63, 3.8) is 0 Å². The van der Waals surface area contributed by atoms with Crippen molar-refractivity contribution in [2.75, 3.05) is 0 Å². The first kappa shape index (κ1) is 13.9. The maximum atomic E-state index is 12.2. The Morgan fingerprint density at radius 3 is 2.74 bits per heavy atom. The summed E-state index contributed by atoms with van der Waals surface area (Å²) in [5, 5.41) is 3.54. The second-order valence-corrected chi connectivity index (χ2v) is 5.37. The predicted molar refractivity (Wildman–Crippen MR) is 75.8 cm³/mol. The number of nitrogens with one attached hydrogen (secondary N) is 1. The summed E-state index contributed by atoms with van der Waals surface area (Å²) in [7, 11) is 0. The molecule has 1 amide bonds. The molecular weight excluding hydrogens is 260 g/mol. The zero-order chi connectivity index (χ0) is 13.7. The maximum Gasteiger partial charge on any atom is 0.325 e. The van der Waals surface area contributed by atoms with E-state index in [-0.39, 0.29) is 11.9 Å². The van der Waals surface area contributed by atoms with Crippen molar-refractivity contribution < 1.29 is 4.79 Å². The second-order valence-electron chi connectivity index (χ2n) is 4.93. The minimum atomic E-state index is -0.791. The van der Waals surface area contributed by atoms with Crippen LogP contribution in [0.5, 0.6) is 0 Å². The number of carbonyl (C=O) groups is 1. The summed E-state index contributed by atoms with van der Waals surface area (Å²) in [5.74, 6) is -0.204. The fraction of sp³-hybridized carbons (Fsp3) is 0.467. The average molecular weight is 277 g/mol. The molecule has 1 aromatic carbocycles. The van der Waals surface area contributed by atoms with Gasteiger partial charge in [0.25, 0.3) is 0 Å². The predicted octanol–water partition coefficient (Wildman–Crippen LogP) is 3.75. The molecule has 1 aromatic rings. The van der Waals surface area contributed by atoms with E-state index in [2.05, 4.69) is 10.2 Å². The number of hydrogen-bond donors (Lipinski definition) is 1. The lowest BCUT2D eigenvalue weighted by molar-refractivity contribution is -0.122. The SMILES string of the molecule is [C-]#[N+]C(C(=O)NC1CCCCC1)c1cccc(Cl)c1. The van der Waals surface area contributed by atoms with Gasteiger partial charge in [-0.15, -0.1) is 0 Å². The molecule has 1 aliphatic carbocycles. The van der Waals surface area contributed by atoms with Crippen molar-refractivity contribution >= 4 is 17.5 Å². The Hall–Kier alpha value is -1.53. The van der Waals surface area contributed by atoms with E-state index in [0.717, 1.165) is 25.7 Å². The van der Waals surface area contributed by atoms with E-state index in [4.69, 9.17) is 18.2 Å². The summed E-state index contributed by atoms with van der Waals surface area (Å²) in [5.41, 5.74) is 0.663. The molecule has 0 bridgehead atoms. The van der Waals surface area contributed by atoms with Gasteiger partial charge in [-0.3, -0.25) is 9.64 Å². The smallest absolute Gasteiger partial charge is 0.325 e. The monoisotopic (exact) mass is 276 g/mol. The van der Waals surface area contributed by atoms with Gasteiger partial charge in [0.1, 0.15) is 0 Å². The van der Waals surface area contributed by atoms with Gasteiger partial charge in [0, 0.05) is 16.6 Å². The van der Waals surface area contributed by atoms with Crippen molar-refractivity contribution in [3.05, 3.63) is 46.3 Å². The van der Waals surface area contributed by atoms with Gasteiger partial charge in [-0.05, 0) is 25.0 Å². The van der Waals surface area contributed by atoms with Crippen LogP contribution in [0.4, 0.5) is 0 Å². The van der Waals surface area contributed by atoms with E-state index in [0.29, 0.717) is 10.6 Å². The Morgan fingerprint density at radius 2 is 2.11 bits per heavy atom. The molecule has 100 valence electrons. The summed E-state index contributed by atoms with van der Waals surface area (Å²) in [4.78, 5) is 15.6. The lowest BCUT2D eigenvalue weighted by Gasteiger charge is -2.22. The first-order valence-electron chi connectivity index (χ1n) is 6.63. The highest BCUT2D eigenvalue weighted by molar-refractivity contribution is 6.30. The standard InChI is InChI=1S/C15H17ClN2O/c1-17-14(11-6-5-7-12(16)10-11)15(19)18-13-8-3-2-4-9-13/h5-7,10,13-14H,2-4,8-9H2,(H,18,19). The molecule has 1 N–H and O–H groups in total. The largest absolute Gasteiger partial charge is 0.346 e. The molecule has 1 unspecified atom stereocenters. The molecule has 0 heterocycles. The van der Waals surface area contributed by atoms with Gasteiger partial charge < -0.3 is 5.32 Å². The fourth-order valence-electron chi connectivity index (χ4n) is 2.49. The fourth-order valence-corrected chi connectivity index (χ4v) is 2.69. The Labute approximate surface area is 118 Å². The van der Waals surface area contributed by atoms with Gasteiger partial charge in [-0.25, -0.2) is 6.57 Å². The van der Waals surface area contributed by atoms with E-state index in [9.17, 15) is 4.79 Å². The average Bonchev–Trinajstić information content (AvgIpc) is 2.41. The highest BCUT2D eigenvalue weighted by atomic mass is 35.5.